The van der Waals surface area contributed by atoms with Gasteiger partial charge >= 0.3 is 0 Å². The summed E-state index contributed by atoms with van der Waals surface area (Å²) in [5.41, 5.74) is 3.88. The van der Waals surface area contributed by atoms with Crippen LogP contribution in [-0.2, 0) is 11.3 Å². The summed E-state index contributed by atoms with van der Waals surface area (Å²) in [6.45, 7) is 2.85. The molecule has 0 N–H and O–H groups in total. The van der Waals surface area contributed by atoms with Crippen LogP contribution in [0.25, 0.3) is 11.3 Å². The molecule has 22 heavy (non-hydrogen) atoms. The number of hydrogen-bond donors (Lipinski definition) is 0. The average molecular weight is 314 g/mol. The molecule has 1 aromatic heterocycles. The molecule has 2 aromatic rings. The molecule has 0 spiro atoms. The van der Waals surface area contributed by atoms with Gasteiger partial charge in [-0.2, -0.15) is 11.8 Å². The van der Waals surface area contributed by atoms with Gasteiger partial charge in [0.15, 0.2) is 0 Å². The number of hydrogen-bond acceptors (Lipinski definition) is 3. The zero-order valence-electron chi connectivity index (χ0n) is 12.8. The Labute approximate surface area is 136 Å². The standard InChI is InChI=1S/C18H22N2OS/c1-2-5-15(6-3-1)17-18(16-7-4-8-22-12-16)20(13-19-17)9-14-10-21-11-14/h1-3,5-6,13-14,16H,4,7-12H2. The van der Waals surface area contributed by atoms with Gasteiger partial charge in [-0.1, -0.05) is 30.3 Å². The zero-order chi connectivity index (χ0) is 14.8. The normalized spacial score (nSPS) is 22.5. The van der Waals surface area contributed by atoms with E-state index in [0.717, 1.165) is 19.8 Å². The van der Waals surface area contributed by atoms with E-state index in [2.05, 4.69) is 53.0 Å². The van der Waals surface area contributed by atoms with Crippen LogP contribution in [0.4, 0.5) is 0 Å². The summed E-state index contributed by atoms with van der Waals surface area (Å²) in [4.78, 5) is 4.79. The molecule has 1 aromatic carbocycles. The fraction of sp³-hybridized carbons (Fsp3) is 0.500. The van der Waals surface area contributed by atoms with Crippen LogP contribution < -0.4 is 0 Å². The lowest BCUT2D eigenvalue weighted by molar-refractivity contribution is -0.0397. The molecule has 1 atom stereocenters. The van der Waals surface area contributed by atoms with E-state index in [1.807, 2.05) is 0 Å². The van der Waals surface area contributed by atoms with Crippen LogP contribution in [0, 0.1) is 5.92 Å². The van der Waals surface area contributed by atoms with E-state index in [9.17, 15) is 0 Å². The third-order valence-electron chi connectivity index (χ3n) is 4.63. The number of thioether (sulfide) groups is 1. The molecule has 0 radical (unpaired) electrons. The van der Waals surface area contributed by atoms with Crippen LogP contribution in [0.1, 0.15) is 24.5 Å². The van der Waals surface area contributed by atoms with Gasteiger partial charge in [0.25, 0.3) is 0 Å². The van der Waals surface area contributed by atoms with Gasteiger partial charge in [-0.25, -0.2) is 4.98 Å². The summed E-state index contributed by atoms with van der Waals surface area (Å²) >= 11 is 2.09. The van der Waals surface area contributed by atoms with E-state index >= 15 is 0 Å². The Kier molecular flexibility index (Phi) is 4.22. The van der Waals surface area contributed by atoms with E-state index in [4.69, 9.17) is 9.72 Å². The molecule has 0 bridgehead atoms. The minimum Gasteiger partial charge on any atom is -0.381 e. The van der Waals surface area contributed by atoms with Crippen molar-refractivity contribution in [3.05, 3.63) is 42.4 Å². The lowest BCUT2D eigenvalue weighted by Crippen LogP contribution is -2.32. The second kappa shape index (κ2) is 6.47. The number of aromatic nitrogens is 2. The van der Waals surface area contributed by atoms with Crippen molar-refractivity contribution < 1.29 is 4.74 Å². The maximum absolute atomic E-state index is 5.35. The van der Waals surface area contributed by atoms with Gasteiger partial charge in [0, 0.05) is 35.4 Å². The van der Waals surface area contributed by atoms with Gasteiger partial charge in [0.1, 0.15) is 0 Å². The van der Waals surface area contributed by atoms with E-state index < -0.39 is 0 Å². The molecule has 116 valence electrons. The Balaban J connectivity index is 1.70. The Bertz CT molecular complexity index is 615. The molecule has 4 heteroatoms. The zero-order valence-corrected chi connectivity index (χ0v) is 13.6. The quantitative estimate of drug-likeness (QED) is 0.859. The second-order valence-electron chi connectivity index (χ2n) is 6.31. The van der Waals surface area contributed by atoms with Gasteiger partial charge in [0.2, 0.25) is 0 Å². The highest BCUT2D eigenvalue weighted by Gasteiger charge is 2.27. The van der Waals surface area contributed by atoms with Crippen LogP contribution in [-0.4, -0.2) is 34.3 Å². The minimum absolute atomic E-state index is 0.637. The van der Waals surface area contributed by atoms with Crippen molar-refractivity contribution in [1.29, 1.82) is 0 Å². The molecule has 2 aliphatic rings. The fourth-order valence-electron chi connectivity index (χ4n) is 3.41. The molecule has 0 aliphatic carbocycles. The number of ether oxygens (including phenoxy) is 1. The van der Waals surface area contributed by atoms with E-state index in [1.54, 1.807) is 0 Å². The first-order chi connectivity index (χ1) is 10.9. The highest BCUT2D eigenvalue weighted by Crippen LogP contribution is 2.37. The first kappa shape index (κ1) is 14.3. The Hall–Kier alpha value is -1.26. The fourth-order valence-corrected chi connectivity index (χ4v) is 4.55. The summed E-state index contributed by atoms with van der Waals surface area (Å²) in [6, 6.07) is 10.6. The molecule has 4 rings (SSSR count). The van der Waals surface area contributed by atoms with Gasteiger partial charge in [-0.15, -0.1) is 0 Å². The third-order valence-corrected chi connectivity index (χ3v) is 5.85. The first-order valence-corrected chi connectivity index (χ1v) is 9.33. The summed E-state index contributed by atoms with van der Waals surface area (Å²) in [6.07, 6.45) is 4.66. The highest BCUT2D eigenvalue weighted by atomic mass is 32.2. The largest absolute Gasteiger partial charge is 0.381 e. The first-order valence-electron chi connectivity index (χ1n) is 8.18. The Morgan fingerprint density at radius 3 is 2.77 bits per heavy atom. The van der Waals surface area contributed by atoms with Crippen molar-refractivity contribution in [2.24, 2.45) is 5.92 Å². The van der Waals surface area contributed by atoms with Crippen molar-refractivity contribution in [2.75, 3.05) is 24.7 Å². The van der Waals surface area contributed by atoms with Crippen LogP contribution in [0.2, 0.25) is 0 Å². The number of rotatable bonds is 4. The number of benzene rings is 1. The predicted octanol–water partition coefficient (Wildman–Crippen LogP) is 3.81. The summed E-state index contributed by atoms with van der Waals surface area (Å²) in [7, 11) is 0. The molecule has 3 nitrogen and oxygen atoms in total. The Morgan fingerprint density at radius 2 is 2.09 bits per heavy atom. The minimum atomic E-state index is 0.637. The summed E-state index contributed by atoms with van der Waals surface area (Å²) < 4.78 is 7.75. The monoisotopic (exact) mass is 314 g/mol. The van der Waals surface area contributed by atoms with Gasteiger partial charge in [0.05, 0.1) is 25.2 Å². The molecule has 2 aliphatic heterocycles. The number of imidazole rings is 1. The summed E-state index contributed by atoms with van der Waals surface area (Å²) in [5.74, 6) is 3.83. The Morgan fingerprint density at radius 1 is 1.23 bits per heavy atom. The second-order valence-corrected chi connectivity index (χ2v) is 7.46. The SMILES string of the molecule is c1ccc(-c2ncn(CC3COC3)c2C2CCCSC2)cc1. The van der Waals surface area contributed by atoms with Gasteiger partial charge < -0.3 is 9.30 Å². The van der Waals surface area contributed by atoms with E-state index in [1.165, 1.54) is 41.3 Å². The van der Waals surface area contributed by atoms with Crippen molar-refractivity contribution in [3.63, 3.8) is 0 Å². The predicted molar refractivity (Wildman–Crippen MR) is 91.3 cm³/mol. The van der Waals surface area contributed by atoms with Gasteiger partial charge in [-0.3, -0.25) is 0 Å². The van der Waals surface area contributed by atoms with Crippen LogP contribution in [0.15, 0.2) is 36.7 Å². The molecule has 2 fully saturated rings. The number of nitrogens with zero attached hydrogens (tertiary/aromatic N) is 2. The van der Waals surface area contributed by atoms with Crippen LogP contribution >= 0.6 is 11.8 Å². The molecular weight excluding hydrogens is 292 g/mol. The summed E-state index contributed by atoms with van der Waals surface area (Å²) in [5, 5.41) is 0. The van der Waals surface area contributed by atoms with E-state index in [-0.39, 0.29) is 0 Å². The maximum Gasteiger partial charge on any atom is 0.0956 e. The lowest BCUT2D eigenvalue weighted by atomic mass is 9.96. The molecule has 0 amide bonds. The molecule has 0 saturated carbocycles. The van der Waals surface area contributed by atoms with Crippen LogP contribution in [0.5, 0.6) is 0 Å². The van der Waals surface area contributed by atoms with Crippen molar-refractivity contribution in [1.82, 2.24) is 9.55 Å². The van der Waals surface area contributed by atoms with Crippen LogP contribution in [0.3, 0.4) is 0 Å². The topological polar surface area (TPSA) is 27.1 Å². The smallest absolute Gasteiger partial charge is 0.0956 e. The molecule has 2 saturated heterocycles. The third kappa shape index (κ3) is 2.82. The van der Waals surface area contributed by atoms with Gasteiger partial charge in [-0.05, 0) is 18.6 Å². The van der Waals surface area contributed by atoms with Crippen molar-refractivity contribution >= 4 is 11.8 Å². The van der Waals surface area contributed by atoms with Crippen molar-refractivity contribution in [3.8, 4) is 11.3 Å². The van der Waals surface area contributed by atoms with Crippen molar-refractivity contribution in [2.45, 2.75) is 25.3 Å². The average Bonchev–Trinajstić information content (AvgIpc) is 2.96. The highest BCUT2D eigenvalue weighted by molar-refractivity contribution is 7.99. The van der Waals surface area contributed by atoms with E-state index in [0.29, 0.717) is 11.8 Å². The molecule has 3 heterocycles. The molecule has 1 unspecified atom stereocenters. The molecular formula is C18H22N2OS. The lowest BCUT2D eigenvalue weighted by Gasteiger charge is -2.29. The maximum atomic E-state index is 5.35.